The third-order valence-electron chi connectivity index (χ3n) is 13.0. The number of benzene rings is 2. The van der Waals surface area contributed by atoms with Crippen molar-refractivity contribution in [2.45, 2.75) is 81.8 Å². The number of hydrogen-bond acceptors (Lipinski definition) is 10. The van der Waals surface area contributed by atoms with E-state index in [2.05, 4.69) is 15.2 Å². The number of anilines is 1. The van der Waals surface area contributed by atoms with Crippen molar-refractivity contribution in [2.24, 2.45) is 17.0 Å². The van der Waals surface area contributed by atoms with Gasteiger partial charge in [0.1, 0.15) is 11.1 Å². The first-order valence-corrected chi connectivity index (χ1v) is 23.8. The summed E-state index contributed by atoms with van der Waals surface area (Å²) < 4.78 is 41.0. The third-order valence-corrected chi connectivity index (χ3v) is 15.7. The van der Waals surface area contributed by atoms with Gasteiger partial charge in [0.15, 0.2) is 0 Å². The Labute approximate surface area is 360 Å². The smallest absolute Gasteiger partial charge is 0.234 e. The number of carbonyl (C=O) groups is 4. The maximum atomic E-state index is 16.2. The molecule has 0 aliphatic carbocycles. The largest absolute Gasteiger partial charge is 0.371 e. The zero-order chi connectivity index (χ0) is 42.8. The molecular weight excluding hydrogens is 818 g/mol. The number of likely N-dealkylation sites (tertiary alicyclic amines) is 2. The zero-order valence-corrected chi connectivity index (χ0v) is 35.9. The molecule has 4 aliphatic rings. The zero-order valence-electron chi connectivity index (χ0n) is 34.3. The van der Waals surface area contributed by atoms with Crippen molar-refractivity contribution in [1.82, 2.24) is 25.1 Å². The van der Waals surface area contributed by atoms with Crippen molar-refractivity contribution < 1.29 is 32.0 Å². The highest BCUT2D eigenvalue weighted by Crippen LogP contribution is 2.44. The highest BCUT2D eigenvalue weighted by molar-refractivity contribution is 7.89. The van der Waals surface area contributed by atoms with Gasteiger partial charge in [-0.05, 0) is 92.8 Å². The molecule has 61 heavy (non-hydrogen) atoms. The first-order valence-electron chi connectivity index (χ1n) is 21.4. The summed E-state index contributed by atoms with van der Waals surface area (Å²) in [5.74, 6) is -1.23. The maximum absolute atomic E-state index is 16.2. The van der Waals surface area contributed by atoms with Crippen LogP contribution in [0.15, 0.2) is 67.0 Å². The van der Waals surface area contributed by atoms with E-state index in [1.165, 1.54) is 17.4 Å². The van der Waals surface area contributed by atoms with Gasteiger partial charge >= 0.3 is 0 Å². The fraction of sp³-hybridized carbons (Fsp3) is 0.467. The number of hydrogen-bond donors (Lipinski definition) is 2. The second-order valence-electron chi connectivity index (χ2n) is 16.7. The molecule has 4 aromatic rings. The molecule has 0 spiro atoms. The Morgan fingerprint density at radius 2 is 1.46 bits per heavy atom. The van der Waals surface area contributed by atoms with Crippen molar-refractivity contribution in [1.29, 1.82) is 0 Å². The van der Waals surface area contributed by atoms with Crippen LogP contribution < -0.4 is 15.4 Å². The van der Waals surface area contributed by atoms with Crippen LogP contribution in [0.4, 0.5) is 10.1 Å². The summed E-state index contributed by atoms with van der Waals surface area (Å²) >= 11 is 1.49. The van der Waals surface area contributed by atoms with E-state index in [0.717, 1.165) is 52.6 Å². The number of carbonyl (C=O) groups excluding carboxylic acids is 4. The van der Waals surface area contributed by atoms with E-state index in [1.54, 1.807) is 31.5 Å². The molecule has 4 aliphatic heterocycles. The molecule has 322 valence electrons. The number of nitrogens with one attached hydrogen (secondary N) is 1. The van der Waals surface area contributed by atoms with Crippen LogP contribution in [0, 0.1) is 17.7 Å². The lowest BCUT2D eigenvalue weighted by atomic mass is 9.89. The Balaban J connectivity index is 0.843. The minimum absolute atomic E-state index is 0.0228. The number of sulfonamides is 1. The lowest BCUT2D eigenvalue weighted by Crippen LogP contribution is -2.48. The van der Waals surface area contributed by atoms with Gasteiger partial charge in [0.25, 0.3) is 0 Å². The van der Waals surface area contributed by atoms with Crippen LogP contribution in [0.1, 0.15) is 97.9 Å². The topological polar surface area (TPSA) is 176 Å². The minimum atomic E-state index is -4.04. The molecule has 2 atom stereocenters. The Hall–Kier alpha value is -5.06. The van der Waals surface area contributed by atoms with Crippen LogP contribution in [0.2, 0.25) is 0 Å². The predicted octanol–water partition coefficient (Wildman–Crippen LogP) is 6.13. The number of primary sulfonamides is 1. The summed E-state index contributed by atoms with van der Waals surface area (Å²) in [5, 5.41) is 7.59. The Morgan fingerprint density at radius 3 is 2.05 bits per heavy atom. The predicted molar refractivity (Wildman–Crippen MR) is 231 cm³/mol. The Morgan fingerprint density at radius 1 is 0.852 bits per heavy atom. The third kappa shape index (κ3) is 9.12. The minimum Gasteiger partial charge on any atom is -0.371 e. The van der Waals surface area contributed by atoms with Crippen LogP contribution in [-0.2, 0) is 29.2 Å². The molecule has 4 amide bonds. The van der Waals surface area contributed by atoms with E-state index < -0.39 is 21.1 Å². The summed E-state index contributed by atoms with van der Waals surface area (Å²) in [6.45, 7) is 5.49. The second kappa shape index (κ2) is 18.1. The van der Waals surface area contributed by atoms with Gasteiger partial charge in [-0.3, -0.25) is 29.5 Å². The number of thiazole rings is 1. The number of pyridine rings is 1. The fourth-order valence-electron chi connectivity index (χ4n) is 9.53. The number of piperidine rings is 4. The number of nitrogens with zero attached hydrogens (tertiary/aromatic N) is 5. The number of imide groups is 1. The molecule has 4 fully saturated rings. The summed E-state index contributed by atoms with van der Waals surface area (Å²) in [6, 6.07) is 16.4. The van der Waals surface area contributed by atoms with Gasteiger partial charge in [-0.2, -0.15) is 0 Å². The van der Waals surface area contributed by atoms with Crippen LogP contribution >= 0.6 is 11.3 Å². The molecule has 13 nitrogen and oxygen atoms in total. The van der Waals surface area contributed by atoms with Crippen molar-refractivity contribution in [2.75, 3.05) is 44.2 Å². The Kier molecular flexibility index (Phi) is 12.7. The summed E-state index contributed by atoms with van der Waals surface area (Å²) in [7, 11) is -4.04. The lowest BCUT2D eigenvalue weighted by molar-refractivity contribution is -0.143. The maximum Gasteiger partial charge on any atom is 0.234 e. The average molecular weight is 870 g/mol. The van der Waals surface area contributed by atoms with Gasteiger partial charge in [-0.1, -0.05) is 31.2 Å². The molecule has 6 heterocycles. The van der Waals surface area contributed by atoms with E-state index in [1.807, 2.05) is 46.2 Å². The molecule has 1 unspecified atom stereocenters. The van der Waals surface area contributed by atoms with Gasteiger partial charge in [0.2, 0.25) is 33.7 Å². The van der Waals surface area contributed by atoms with Crippen LogP contribution in [0.5, 0.6) is 0 Å². The standard InChI is InChI=1S/C45H52FN7O6S2/c1-2-37(61(47,58)59)35-4-3-5-36(39(35)46)40-41(29-12-20-48-21-13-29)60-43(50-40)30-14-24-52(25-15-30)45(57)32-18-26-53(27-19-32)44(56)31-16-22-51(23-17-31)33-8-6-28(7-9-33)34-10-11-38(54)49-42(34)55/h3-9,12-13,20-21,30-32,34,37H,2,10-11,14-19,22-27H2,1H3,(H2,47,58,59)(H,49,54,55)/t34-,37?/m0/s1. The number of aromatic nitrogens is 2. The number of amides is 4. The van der Waals surface area contributed by atoms with Gasteiger partial charge in [0.05, 0.1) is 21.5 Å². The van der Waals surface area contributed by atoms with Gasteiger partial charge < -0.3 is 14.7 Å². The van der Waals surface area contributed by atoms with E-state index >= 15 is 4.39 Å². The van der Waals surface area contributed by atoms with Crippen molar-refractivity contribution in [3.05, 3.63) is 88.9 Å². The highest BCUT2D eigenvalue weighted by atomic mass is 32.2. The van der Waals surface area contributed by atoms with E-state index in [4.69, 9.17) is 10.1 Å². The summed E-state index contributed by atoms with van der Waals surface area (Å²) in [6.07, 6.45) is 8.54. The van der Waals surface area contributed by atoms with Crippen molar-refractivity contribution >= 4 is 50.7 Å². The van der Waals surface area contributed by atoms with E-state index in [9.17, 15) is 27.6 Å². The fourth-order valence-corrected chi connectivity index (χ4v) is 11.8. The number of halogens is 1. The summed E-state index contributed by atoms with van der Waals surface area (Å²) in [4.78, 5) is 67.4. The first kappa shape index (κ1) is 42.6. The lowest BCUT2D eigenvalue weighted by Gasteiger charge is -2.39. The second-order valence-corrected chi connectivity index (χ2v) is 19.5. The van der Waals surface area contributed by atoms with Crippen molar-refractivity contribution in [3.63, 3.8) is 0 Å². The van der Waals surface area contributed by atoms with E-state index in [0.29, 0.717) is 70.4 Å². The highest BCUT2D eigenvalue weighted by Gasteiger charge is 2.37. The number of nitrogens with two attached hydrogens (primary N) is 1. The molecule has 2 aromatic carbocycles. The van der Waals surface area contributed by atoms with Crippen LogP contribution in [-0.4, -0.2) is 91.1 Å². The van der Waals surface area contributed by atoms with Crippen LogP contribution in [0.3, 0.4) is 0 Å². The van der Waals surface area contributed by atoms with Crippen LogP contribution in [0.25, 0.3) is 21.7 Å². The molecule has 8 rings (SSSR count). The molecule has 2 aromatic heterocycles. The normalized spacial score (nSPS) is 20.4. The average Bonchev–Trinajstić information content (AvgIpc) is 3.72. The first-order chi connectivity index (χ1) is 29.4. The molecule has 4 saturated heterocycles. The molecule has 3 N–H and O–H groups in total. The number of rotatable bonds is 10. The molecule has 0 radical (unpaired) electrons. The summed E-state index contributed by atoms with van der Waals surface area (Å²) in [5.41, 5.74) is 3.47. The van der Waals surface area contributed by atoms with Crippen molar-refractivity contribution in [3.8, 4) is 21.7 Å². The molecule has 0 bridgehead atoms. The van der Waals surface area contributed by atoms with E-state index in [-0.39, 0.29) is 64.8 Å². The SMILES string of the molecule is CCC(c1cccc(-c2nc(C3CCN(C(=O)C4CCN(C(=O)C5CCN(c6ccc([C@@H]7CCC(=O)NC7=O)cc6)CC5)CC4)CC3)sc2-c2ccncc2)c1F)S(N)(=O)=O. The molecule has 16 heteroatoms. The van der Waals surface area contributed by atoms with Gasteiger partial charge in [-0.25, -0.2) is 22.9 Å². The van der Waals surface area contributed by atoms with Gasteiger partial charge in [0, 0.05) is 92.7 Å². The monoisotopic (exact) mass is 869 g/mol. The Bertz CT molecular complexity index is 2370. The molecular formula is C45H52FN7O6S2. The quantitative estimate of drug-likeness (QED) is 0.178. The molecule has 0 saturated carbocycles. The van der Waals surface area contributed by atoms with Gasteiger partial charge in [-0.15, -0.1) is 11.3 Å².